The minimum Gasteiger partial charge on any atom is -0.398 e. The summed E-state index contributed by atoms with van der Waals surface area (Å²) in [6.07, 6.45) is 0. The van der Waals surface area contributed by atoms with Gasteiger partial charge in [0.05, 0.1) is 0 Å². The van der Waals surface area contributed by atoms with Gasteiger partial charge in [-0.25, -0.2) is 0 Å². The number of nitrogen functional groups attached to an aromatic ring is 1. The molecule has 0 saturated carbocycles. The van der Waals surface area contributed by atoms with Crippen LogP contribution in [0.4, 0.5) is 5.69 Å². The first-order chi connectivity index (χ1) is 9.24. The average molecular weight is 272 g/mol. The van der Waals surface area contributed by atoms with Gasteiger partial charge in [-0.2, -0.15) is 4.98 Å². The second-order valence-corrected chi connectivity index (χ2v) is 4.46. The lowest BCUT2D eigenvalue weighted by molar-refractivity contribution is 0.432. The van der Waals surface area contributed by atoms with Crippen LogP contribution in [0.25, 0.3) is 22.8 Å². The normalized spacial score (nSPS) is 10.6. The Morgan fingerprint density at radius 1 is 1.05 bits per heavy atom. The number of nitrogens with two attached hydrogens (primary N) is 1. The summed E-state index contributed by atoms with van der Waals surface area (Å²) in [7, 11) is 0. The third-order valence-corrected chi connectivity index (χ3v) is 2.93. The van der Waals surface area contributed by atoms with Crippen molar-refractivity contribution < 1.29 is 4.52 Å². The van der Waals surface area contributed by atoms with Crippen molar-refractivity contribution in [2.75, 3.05) is 5.73 Å². The van der Waals surface area contributed by atoms with Crippen molar-refractivity contribution in [3.05, 3.63) is 53.6 Å². The molecule has 19 heavy (non-hydrogen) atoms. The third-order valence-electron chi connectivity index (χ3n) is 2.70. The van der Waals surface area contributed by atoms with Gasteiger partial charge in [0.1, 0.15) is 0 Å². The molecule has 0 fully saturated rings. The second-order valence-electron chi connectivity index (χ2n) is 4.02. The van der Waals surface area contributed by atoms with Crippen LogP contribution in [0.3, 0.4) is 0 Å². The van der Waals surface area contributed by atoms with Crippen molar-refractivity contribution in [2.45, 2.75) is 0 Å². The number of aromatic nitrogens is 2. The van der Waals surface area contributed by atoms with E-state index in [0.717, 1.165) is 11.1 Å². The Morgan fingerprint density at radius 3 is 2.68 bits per heavy atom. The summed E-state index contributed by atoms with van der Waals surface area (Å²) in [5, 5.41) is 4.57. The molecule has 94 valence electrons. The molecule has 0 aliphatic rings. The number of halogens is 1. The van der Waals surface area contributed by atoms with Crippen LogP contribution >= 0.6 is 11.6 Å². The number of benzene rings is 2. The largest absolute Gasteiger partial charge is 0.398 e. The van der Waals surface area contributed by atoms with E-state index in [4.69, 9.17) is 21.9 Å². The van der Waals surface area contributed by atoms with E-state index >= 15 is 0 Å². The fourth-order valence-corrected chi connectivity index (χ4v) is 1.96. The van der Waals surface area contributed by atoms with E-state index in [0.29, 0.717) is 22.4 Å². The van der Waals surface area contributed by atoms with E-state index in [9.17, 15) is 0 Å². The minimum absolute atomic E-state index is 0.417. The van der Waals surface area contributed by atoms with E-state index in [1.54, 1.807) is 18.2 Å². The standard InChI is InChI=1S/C14H10ClN3O/c15-10-5-3-4-9(8-10)14-17-13(18-19-14)11-6-1-2-7-12(11)16/h1-8H,16H2. The first kappa shape index (κ1) is 11.7. The van der Waals surface area contributed by atoms with Crippen LogP contribution < -0.4 is 5.73 Å². The van der Waals surface area contributed by atoms with Crippen LogP contribution in [0.2, 0.25) is 5.02 Å². The molecule has 0 saturated heterocycles. The molecule has 5 heteroatoms. The lowest BCUT2D eigenvalue weighted by atomic mass is 10.2. The van der Waals surface area contributed by atoms with E-state index < -0.39 is 0 Å². The zero-order valence-electron chi connectivity index (χ0n) is 9.88. The Bertz CT molecular complexity index is 724. The van der Waals surface area contributed by atoms with E-state index in [1.165, 1.54) is 0 Å². The molecule has 0 amide bonds. The van der Waals surface area contributed by atoms with Gasteiger partial charge in [0.15, 0.2) is 0 Å². The molecule has 0 radical (unpaired) electrons. The first-order valence-corrected chi connectivity index (χ1v) is 6.06. The monoisotopic (exact) mass is 271 g/mol. The Kier molecular flexibility index (Phi) is 2.93. The Morgan fingerprint density at radius 2 is 1.89 bits per heavy atom. The van der Waals surface area contributed by atoms with Gasteiger partial charge in [-0.1, -0.05) is 35.0 Å². The Labute approximate surface area is 114 Å². The molecule has 1 aromatic heterocycles. The fourth-order valence-electron chi connectivity index (χ4n) is 1.77. The van der Waals surface area contributed by atoms with Crippen molar-refractivity contribution in [3.8, 4) is 22.8 Å². The number of para-hydroxylation sites is 1. The van der Waals surface area contributed by atoms with Crippen molar-refractivity contribution in [3.63, 3.8) is 0 Å². The molecule has 3 aromatic rings. The topological polar surface area (TPSA) is 64.9 Å². The molecular weight excluding hydrogens is 262 g/mol. The van der Waals surface area contributed by atoms with Crippen LogP contribution in [0.15, 0.2) is 53.1 Å². The Balaban J connectivity index is 2.03. The zero-order valence-corrected chi connectivity index (χ0v) is 10.6. The molecule has 2 N–H and O–H groups in total. The van der Waals surface area contributed by atoms with Crippen molar-refractivity contribution >= 4 is 17.3 Å². The number of anilines is 1. The fraction of sp³-hybridized carbons (Fsp3) is 0. The van der Waals surface area contributed by atoms with Crippen LogP contribution in [-0.2, 0) is 0 Å². The molecule has 4 nitrogen and oxygen atoms in total. The van der Waals surface area contributed by atoms with Gasteiger partial charge in [0.25, 0.3) is 5.89 Å². The minimum atomic E-state index is 0.417. The lowest BCUT2D eigenvalue weighted by Crippen LogP contribution is -1.90. The number of nitrogens with zero attached hydrogens (tertiary/aromatic N) is 2. The van der Waals surface area contributed by atoms with Crippen LogP contribution in [-0.4, -0.2) is 10.1 Å². The van der Waals surface area contributed by atoms with Crippen molar-refractivity contribution in [1.29, 1.82) is 0 Å². The highest BCUT2D eigenvalue weighted by Gasteiger charge is 2.12. The SMILES string of the molecule is Nc1ccccc1-c1noc(-c2cccc(Cl)c2)n1. The summed E-state index contributed by atoms with van der Waals surface area (Å²) < 4.78 is 5.24. The number of hydrogen-bond acceptors (Lipinski definition) is 4. The van der Waals surface area contributed by atoms with Gasteiger partial charge in [0, 0.05) is 21.8 Å². The molecule has 0 spiro atoms. The van der Waals surface area contributed by atoms with Crippen molar-refractivity contribution in [1.82, 2.24) is 10.1 Å². The van der Waals surface area contributed by atoms with Gasteiger partial charge >= 0.3 is 0 Å². The molecule has 2 aromatic carbocycles. The summed E-state index contributed by atoms with van der Waals surface area (Å²) in [4.78, 5) is 4.34. The Hall–Kier alpha value is -2.33. The highest BCUT2D eigenvalue weighted by atomic mass is 35.5. The molecule has 0 bridgehead atoms. The number of rotatable bonds is 2. The molecule has 0 aliphatic heterocycles. The maximum absolute atomic E-state index is 5.93. The lowest BCUT2D eigenvalue weighted by Gasteiger charge is -1.98. The first-order valence-electron chi connectivity index (χ1n) is 5.68. The van der Waals surface area contributed by atoms with E-state index in [1.807, 2.05) is 30.3 Å². The van der Waals surface area contributed by atoms with Gasteiger partial charge in [-0.15, -0.1) is 0 Å². The molecule has 0 unspecified atom stereocenters. The smallest absolute Gasteiger partial charge is 0.258 e. The zero-order chi connectivity index (χ0) is 13.2. The van der Waals surface area contributed by atoms with Crippen molar-refractivity contribution in [2.24, 2.45) is 0 Å². The maximum atomic E-state index is 5.93. The number of hydrogen-bond donors (Lipinski definition) is 1. The highest BCUT2D eigenvalue weighted by molar-refractivity contribution is 6.30. The average Bonchev–Trinajstić information content (AvgIpc) is 2.89. The summed E-state index contributed by atoms with van der Waals surface area (Å²) in [6, 6.07) is 14.6. The van der Waals surface area contributed by atoms with Crippen LogP contribution in [0.5, 0.6) is 0 Å². The van der Waals surface area contributed by atoms with Gasteiger partial charge in [-0.3, -0.25) is 0 Å². The highest BCUT2D eigenvalue weighted by Crippen LogP contribution is 2.26. The summed E-state index contributed by atoms with van der Waals surface area (Å²) in [6.45, 7) is 0. The quantitative estimate of drug-likeness (QED) is 0.723. The summed E-state index contributed by atoms with van der Waals surface area (Å²) in [5.74, 6) is 0.883. The van der Waals surface area contributed by atoms with Gasteiger partial charge < -0.3 is 10.3 Å². The molecular formula is C14H10ClN3O. The predicted octanol–water partition coefficient (Wildman–Crippen LogP) is 3.64. The third kappa shape index (κ3) is 2.30. The molecule has 1 heterocycles. The van der Waals surface area contributed by atoms with Gasteiger partial charge in [-0.05, 0) is 30.3 Å². The van der Waals surface area contributed by atoms with E-state index in [2.05, 4.69) is 10.1 Å². The molecule has 0 atom stereocenters. The second kappa shape index (κ2) is 4.74. The molecule has 0 aliphatic carbocycles. The van der Waals surface area contributed by atoms with E-state index in [-0.39, 0.29) is 0 Å². The maximum Gasteiger partial charge on any atom is 0.258 e. The van der Waals surface area contributed by atoms with Crippen LogP contribution in [0.1, 0.15) is 0 Å². The molecule has 3 rings (SSSR count). The summed E-state index contributed by atoms with van der Waals surface area (Å²) >= 11 is 5.93. The predicted molar refractivity (Wildman–Crippen MR) is 74.6 cm³/mol. The van der Waals surface area contributed by atoms with Gasteiger partial charge in [0.2, 0.25) is 5.82 Å². The summed E-state index contributed by atoms with van der Waals surface area (Å²) in [5.41, 5.74) is 8.02. The van der Waals surface area contributed by atoms with Crippen LogP contribution in [0, 0.1) is 0 Å².